The zero-order valence-corrected chi connectivity index (χ0v) is 17.0. The van der Waals surface area contributed by atoms with Crippen LogP contribution in [0.4, 0.5) is 5.82 Å². The number of anilines is 1. The Labute approximate surface area is 177 Å². The van der Waals surface area contributed by atoms with Crippen molar-refractivity contribution in [1.82, 2.24) is 24.6 Å². The quantitative estimate of drug-likeness (QED) is 0.380. The summed E-state index contributed by atoms with van der Waals surface area (Å²) in [6.07, 6.45) is 6.33. The first-order valence-electron chi connectivity index (χ1n) is 10.4. The van der Waals surface area contributed by atoms with E-state index in [1.165, 1.54) is 5.56 Å². The van der Waals surface area contributed by atoms with Gasteiger partial charge < -0.3 is 15.4 Å². The average Bonchev–Trinajstić information content (AvgIpc) is 3.41. The Bertz CT molecular complexity index is 1400. The van der Waals surface area contributed by atoms with Crippen LogP contribution in [0.5, 0.6) is 5.88 Å². The second-order valence-corrected chi connectivity index (χ2v) is 7.70. The summed E-state index contributed by atoms with van der Waals surface area (Å²) >= 11 is 0. The summed E-state index contributed by atoms with van der Waals surface area (Å²) in [5, 5.41) is 18.6. The van der Waals surface area contributed by atoms with Crippen LogP contribution in [0, 0.1) is 0 Å². The molecule has 0 spiro atoms. The molecule has 1 fully saturated rings. The molecule has 4 aromatic rings. The van der Waals surface area contributed by atoms with Gasteiger partial charge in [0.15, 0.2) is 11.1 Å². The second kappa shape index (κ2) is 7.75. The maximum Gasteiger partial charge on any atom is 0.326 e. The Hall–Kier alpha value is -3.88. The molecule has 0 unspecified atom stereocenters. The van der Waals surface area contributed by atoms with Crippen LogP contribution in [0.15, 0.2) is 52.4 Å². The number of nitrogens with zero attached hydrogens (tertiary/aromatic N) is 4. The molecule has 9 nitrogen and oxygen atoms in total. The molecule has 0 aliphatic heterocycles. The summed E-state index contributed by atoms with van der Waals surface area (Å²) in [6.45, 7) is 2.13. The molecular formula is C22H23N7O2. The number of H-pyrrole nitrogens is 2. The van der Waals surface area contributed by atoms with Crippen LogP contribution in [0.3, 0.4) is 0 Å². The Morgan fingerprint density at radius 1 is 1.32 bits per heavy atom. The molecule has 1 aliphatic carbocycles. The van der Waals surface area contributed by atoms with Gasteiger partial charge in [-0.05, 0) is 30.9 Å². The van der Waals surface area contributed by atoms with Crippen LogP contribution < -0.4 is 21.7 Å². The molecule has 158 valence electrons. The van der Waals surface area contributed by atoms with Gasteiger partial charge in [-0.2, -0.15) is 9.61 Å². The number of fused-ring (bicyclic) bond motifs is 1. The topological polar surface area (TPSA) is 123 Å². The van der Waals surface area contributed by atoms with Crippen molar-refractivity contribution in [3.05, 3.63) is 75.0 Å². The maximum absolute atomic E-state index is 11.5. The molecule has 0 bridgehead atoms. The predicted molar refractivity (Wildman–Crippen MR) is 117 cm³/mol. The van der Waals surface area contributed by atoms with E-state index in [1.807, 2.05) is 24.3 Å². The van der Waals surface area contributed by atoms with E-state index in [0.717, 1.165) is 24.8 Å². The Morgan fingerprint density at radius 3 is 2.81 bits per heavy atom. The molecule has 1 atom stereocenters. The molecule has 3 heterocycles. The van der Waals surface area contributed by atoms with Gasteiger partial charge in [0, 0.05) is 11.3 Å². The molecule has 1 aliphatic rings. The van der Waals surface area contributed by atoms with Crippen molar-refractivity contribution in [3.8, 4) is 5.88 Å². The number of aromatic amines is 2. The summed E-state index contributed by atoms with van der Waals surface area (Å²) < 4.78 is 1.70. The minimum Gasteiger partial charge on any atom is -0.493 e. The Kier molecular flexibility index (Phi) is 4.78. The number of aromatic nitrogens is 5. The second-order valence-electron chi connectivity index (χ2n) is 7.70. The van der Waals surface area contributed by atoms with Crippen molar-refractivity contribution in [2.45, 2.75) is 38.3 Å². The van der Waals surface area contributed by atoms with Crippen LogP contribution in [0.25, 0.3) is 11.7 Å². The standard InChI is InChI=1S/C22H23N7O2/c1-2-16(13-6-4-3-5-7-13)25-18-11-19(24-15-8-9-15)29-20(27-18)14(12-23-29)10-17-21(30)28-22(31)26-17/h3-7,10-12,15-16,25,30H,2,8-9H2,1H3,(H2,26,28,31)/t16-/m0/s1. The van der Waals surface area contributed by atoms with Gasteiger partial charge in [0.05, 0.1) is 18.3 Å². The van der Waals surface area contributed by atoms with Crippen molar-refractivity contribution in [3.63, 3.8) is 0 Å². The molecule has 31 heavy (non-hydrogen) atoms. The highest BCUT2D eigenvalue weighted by Crippen LogP contribution is 2.23. The van der Waals surface area contributed by atoms with Crippen molar-refractivity contribution in [1.29, 1.82) is 0 Å². The summed E-state index contributed by atoms with van der Waals surface area (Å²) in [5.41, 5.74) is 2.30. The Balaban J connectivity index is 1.64. The summed E-state index contributed by atoms with van der Waals surface area (Å²) in [6, 6.07) is 12.6. The zero-order valence-electron chi connectivity index (χ0n) is 17.0. The largest absolute Gasteiger partial charge is 0.493 e. The minimum atomic E-state index is -0.478. The fourth-order valence-electron chi connectivity index (χ4n) is 3.55. The van der Waals surface area contributed by atoms with Crippen molar-refractivity contribution in [2.24, 2.45) is 4.99 Å². The van der Waals surface area contributed by atoms with Crippen LogP contribution in [-0.2, 0) is 0 Å². The molecule has 1 saturated carbocycles. The fraction of sp³-hybridized carbons (Fsp3) is 0.273. The zero-order chi connectivity index (χ0) is 21.4. The lowest BCUT2D eigenvalue weighted by Crippen LogP contribution is -2.21. The van der Waals surface area contributed by atoms with Gasteiger partial charge in [-0.25, -0.2) is 9.78 Å². The Morgan fingerprint density at radius 2 is 2.13 bits per heavy atom. The van der Waals surface area contributed by atoms with Gasteiger partial charge >= 0.3 is 5.69 Å². The third kappa shape index (κ3) is 3.94. The molecule has 0 saturated heterocycles. The van der Waals surface area contributed by atoms with Gasteiger partial charge in [0.2, 0.25) is 5.88 Å². The molecule has 3 aromatic heterocycles. The average molecular weight is 417 g/mol. The van der Waals surface area contributed by atoms with E-state index in [1.54, 1.807) is 16.8 Å². The van der Waals surface area contributed by atoms with Crippen LogP contribution in [0.2, 0.25) is 0 Å². The molecule has 0 amide bonds. The number of benzene rings is 1. The third-order valence-electron chi connectivity index (χ3n) is 5.31. The number of nitrogens with one attached hydrogen (secondary N) is 3. The van der Waals surface area contributed by atoms with E-state index >= 15 is 0 Å². The molecule has 9 heteroatoms. The molecule has 0 radical (unpaired) electrons. The van der Waals surface area contributed by atoms with E-state index < -0.39 is 5.69 Å². The van der Waals surface area contributed by atoms with Crippen molar-refractivity contribution < 1.29 is 5.11 Å². The number of imidazole rings is 1. The number of hydrogen-bond donors (Lipinski definition) is 4. The van der Waals surface area contributed by atoms with Gasteiger partial charge in [-0.15, -0.1) is 0 Å². The lowest BCUT2D eigenvalue weighted by Gasteiger charge is -2.18. The number of hydrogen-bond acceptors (Lipinski definition) is 6. The third-order valence-corrected chi connectivity index (χ3v) is 5.31. The lowest BCUT2D eigenvalue weighted by molar-refractivity contribution is 0.454. The van der Waals surface area contributed by atoms with Crippen LogP contribution in [-0.4, -0.2) is 35.7 Å². The van der Waals surface area contributed by atoms with Crippen molar-refractivity contribution in [2.75, 3.05) is 5.32 Å². The number of rotatable bonds is 6. The molecule has 1 aromatic carbocycles. The number of aromatic hydroxyl groups is 1. The predicted octanol–water partition coefficient (Wildman–Crippen LogP) is 1.63. The monoisotopic (exact) mass is 417 g/mol. The first-order valence-corrected chi connectivity index (χ1v) is 10.4. The highest BCUT2D eigenvalue weighted by molar-refractivity contribution is 5.58. The highest BCUT2D eigenvalue weighted by atomic mass is 16.3. The molecular weight excluding hydrogens is 394 g/mol. The van der Waals surface area contributed by atoms with Gasteiger partial charge in [0.25, 0.3) is 0 Å². The van der Waals surface area contributed by atoms with E-state index in [-0.39, 0.29) is 17.6 Å². The normalized spacial score (nSPS) is 16.2. The van der Waals surface area contributed by atoms with E-state index in [2.05, 4.69) is 39.4 Å². The highest BCUT2D eigenvalue weighted by Gasteiger charge is 2.20. The lowest BCUT2D eigenvalue weighted by atomic mass is 10.0. The molecule has 5 rings (SSSR count). The van der Waals surface area contributed by atoms with Gasteiger partial charge in [0.1, 0.15) is 11.5 Å². The first-order chi connectivity index (χ1) is 15.1. The molecule has 4 N–H and O–H groups in total. The first kappa shape index (κ1) is 19.1. The van der Waals surface area contributed by atoms with Crippen LogP contribution >= 0.6 is 0 Å². The van der Waals surface area contributed by atoms with Gasteiger partial charge in [-0.3, -0.25) is 9.98 Å². The van der Waals surface area contributed by atoms with Crippen molar-refractivity contribution >= 4 is 17.5 Å². The maximum atomic E-state index is 11.5. The van der Waals surface area contributed by atoms with Crippen LogP contribution in [0.1, 0.15) is 43.5 Å². The van der Waals surface area contributed by atoms with Gasteiger partial charge in [-0.1, -0.05) is 37.3 Å². The summed E-state index contributed by atoms with van der Waals surface area (Å²) in [4.78, 5) is 25.9. The SMILES string of the molecule is CC[C@H](Nc1cc(=NC2CC2)n2ncc(=Cc3[nH]c(=O)[nH]c3O)c2n1)c1ccccc1. The summed E-state index contributed by atoms with van der Waals surface area (Å²) in [7, 11) is 0. The summed E-state index contributed by atoms with van der Waals surface area (Å²) in [5.74, 6) is 0.473. The fourth-order valence-corrected chi connectivity index (χ4v) is 3.55. The van der Waals surface area contributed by atoms with E-state index in [0.29, 0.717) is 22.7 Å². The smallest absolute Gasteiger partial charge is 0.326 e. The van der Waals surface area contributed by atoms with E-state index in [9.17, 15) is 9.90 Å². The minimum absolute atomic E-state index is 0.102. The van der Waals surface area contributed by atoms with E-state index in [4.69, 9.17) is 9.98 Å².